The highest BCUT2D eigenvalue weighted by Gasteiger charge is 2.29. The molecule has 1 N–H and O–H groups in total. The maximum Gasteiger partial charge on any atom is 0.331 e. The van der Waals surface area contributed by atoms with Crippen LogP contribution in [0.2, 0.25) is 0 Å². The third-order valence-corrected chi connectivity index (χ3v) is 2.94. The first-order valence-corrected chi connectivity index (χ1v) is 6.13. The van der Waals surface area contributed by atoms with Crippen LogP contribution in [-0.2, 0) is 9.59 Å². The smallest absolute Gasteiger partial charge is 0.331 e. The third-order valence-electron chi connectivity index (χ3n) is 2.94. The van der Waals surface area contributed by atoms with E-state index in [0.29, 0.717) is 23.5 Å². The molecule has 0 aromatic heterocycles. The number of carboxylic acids is 1. The Kier molecular flexibility index (Phi) is 5.37. The number of aliphatic carboxylic acids is 1. The summed E-state index contributed by atoms with van der Waals surface area (Å²) in [4.78, 5) is 23.9. The van der Waals surface area contributed by atoms with Gasteiger partial charge in [-0.05, 0) is 31.5 Å². The molecule has 6 heteroatoms. The van der Waals surface area contributed by atoms with Gasteiger partial charge in [-0.15, -0.1) is 0 Å². The van der Waals surface area contributed by atoms with Crippen molar-refractivity contribution in [1.29, 1.82) is 0 Å². The second kappa shape index (κ2) is 6.79. The summed E-state index contributed by atoms with van der Waals surface area (Å²) in [6, 6.07) is 3.48. The van der Waals surface area contributed by atoms with Crippen LogP contribution in [0.1, 0.15) is 25.5 Å². The van der Waals surface area contributed by atoms with Crippen molar-refractivity contribution in [3.8, 4) is 11.5 Å². The molecule has 6 nitrogen and oxygen atoms in total. The first-order valence-electron chi connectivity index (χ1n) is 6.13. The van der Waals surface area contributed by atoms with Gasteiger partial charge in [-0.3, -0.25) is 4.79 Å². The van der Waals surface area contributed by atoms with Crippen LogP contribution in [0.5, 0.6) is 11.5 Å². The van der Waals surface area contributed by atoms with E-state index < -0.39 is 12.0 Å². The van der Waals surface area contributed by atoms with E-state index in [-0.39, 0.29) is 6.04 Å². The van der Waals surface area contributed by atoms with Crippen LogP contribution >= 0.6 is 0 Å². The zero-order valence-corrected chi connectivity index (χ0v) is 12.0. The summed E-state index contributed by atoms with van der Waals surface area (Å²) < 4.78 is 10.2. The number of benzene rings is 1. The zero-order chi connectivity index (χ0) is 15.3. The highest BCUT2D eigenvalue weighted by Crippen LogP contribution is 2.30. The summed E-state index contributed by atoms with van der Waals surface area (Å²) in [6.07, 6.45) is 0.537. The SMILES string of the molecule is COc1cc(OC)cc(C(C(=O)O)N(C=O)C(C)C)c1. The summed E-state index contributed by atoms with van der Waals surface area (Å²) in [5.41, 5.74) is 0.425. The fourth-order valence-corrected chi connectivity index (χ4v) is 1.91. The Morgan fingerprint density at radius 3 is 2.00 bits per heavy atom. The molecule has 20 heavy (non-hydrogen) atoms. The Morgan fingerprint density at radius 1 is 1.20 bits per heavy atom. The fourth-order valence-electron chi connectivity index (χ4n) is 1.91. The van der Waals surface area contributed by atoms with E-state index in [1.807, 2.05) is 0 Å². The van der Waals surface area contributed by atoms with E-state index in [0.717, 1.165) is 0 Å². The van der Waals surface area contributed by atoms with Gasteiger partial charge in [0.05, 0.1) is 14.2 Å². The molecule has 1 aromatic carbocycles. The van der Waals surface area contributed by atoms with Gasteiger partial charge in [0.25, 0.3) is 0 Å². The topological polar surface area (TPSA) is 76.1 Å². The van der Waals surface area contributed by atoms with Gasteiger partial charge in [0.1, 0.15) is 11.5 Å². The number of carbonyl (C=O) groups excluding carboxylic acids is 1. The van der Waals surface area contributed by atoms with E-state index in [9.17, 15) is 14.7 Å². The highest BCUT2D eigenvalue weighted by atomic mass is 16.5. The lowest BCUT2D eigenvalue weighted by atomic mass is 10.0. The van der Waals surface area contributed by atoms with Crippen molar-refractivity contribution in [3.05, 3.63) is 23.8 Å². The molecular formula is C14H19NO5. The van der Waals surface area contributed by atoms with Gasteiger partial charge in [-0.25, -0.2) is 4.79 Å². The van der Waals surface area contributed by atoms with Crippen LogP contribution in [0.25, 0.3) is 0 Å². The monoisotopic (exact) mass is 281 g/mol. The van der Waals surface area contributed by atoms with Gasteiger partial charge in [-0.1, -0.05) is 0 Å². The summed E-state index contributed by atoms with van der Waals surface area (Å²) in [5, 5.41) is 9.42. The summed E-state index contributed by atoms with van der Waals surface area (Å²) in [6.45, 7) is 3.50. The van der Waals surface area contributed by atoms with Gasteiger partial charge < -0.3 is 19.5 Å². The standard InChI is InChI=1S/C14H19NO5/c1-9(2)15(8-16)13(14(17)18)10-5-11(19-3)7-12(6-10)20-4/h5-9,13H,1-4H3,(H,17,18). The molecule has 1 amide bonds. The van der Waals surface area contributed by atoms with Crippen molar-refractivity contribution in [1.82, 2.24) is 4.90 Å². The minimum atomic E-state index is -1.11. The van der Waals surface area contributed by atoms with Crippen LogP contribution < -0.4 is 9.47 Å². The van der Waals surface area contributed by atoms with Gasteiger partial charge >= 0.3 is 5.97 Å². The molecule has 110 valence electrons. The molecule has 1 atom stereocenters. The molecule has 1 rings (SSSR count). The largest absolute Gasteiger partial charge is 0.497 e. The molecule has 1 aromatic rings. The average molecular weight is 281 g/mol. The molecule has 0 aliphatic rings. The number of rotatable bonds is 7. The van der Waals surface area contributed by atoms with E-state index in [4.69, 9.17) is 9.47 Å². The normalized spacial score (nSPS) is 11.8. The molecule has 0 spiro atoms. The van der Waals surface area contributed by atoms with E-state index >= 15 is 0 Å². The number of hydrogen-bond donors (Lipinski definition) is 1. The summed E-state index contributed by atoms with van der Waals surface area (Å²) in [5.74, 6) is -0.165. The van der Waals surface area contributed by atoms with Crippen molar-refractivity contribution in [2.24, 2.45) is 0 Å². The number of methoxy groups -OCH3 is 2. The van der Waals surface area contributed by atoms with Gasteiger partial charge in [0.2, 0.25) is 6.41 Å². The maximum absolute atomic E-state index is 11.5. The lowest BCUT2D eigenvalue weighted by Crippen LogP contribution is -2.38. The van der Waals surface area contributed by atoms with Crippen molar-refractivity contribution in [3.63, 3.8) is 0 Å². The zero-order valence-electron chi connectivity index (χ0n) is 12.0. The van der Waals surface area contributed by atoms with Crippen LogP contribution in [-0.4, -0.2) is 42.6 Å². The minimum absolute atomic E-state index is 0.245. The van der Waals surface area contributed by atoms with E-state index in [1.54, 1.807) is 32.0 Å². The van der Waals surface area contributed by atoms with Crippen LogP contribution in [0.3, 0.4) is 0 Å². The quantitative estimate of drug-likeness (QED) is 0.770. The molecule has 0 aliphatic carbocycles. The molecule has 0 heterocycles. The molecule has 0 bridgehead atoms. The number of carbonyl (C=O) groups is 2. The fraction of sp³-hybridized carbons (Fsp3) is 0.429. The van der Waals surface area contributed by atoms with Crippen molar-refractivity contribution in [2.75, 3.05) is 14.2 Å². The number of ether oxygens (including phenoxy) is 2. The van der Waals surface area contributed by atoms with Gasteiger partial charge in [-0.2, -0.15) is 0 Å². The van der Waals surface area contributed by atoms with Crippen LogP contribution in [0.15, 0.2) is 18.2 Å². The van der Waals surface area contributed by atoms with E-state index in [2.05, 4.69) is 0 Å². The van der Waals surface area contributed by atoms with Crippen LogP contribution in [0.4, 0.5) is 0 Å². The predicted octanol–water partition coefficient (Wildman–Crippen LogP) is 1.70. The summed E-state index contributed by atoms with van der Waals surface area (Å²) >= 11 is 0. The number of amides is 1. The highest BCUT2D eigenvalue weighted by molar-refractivity contribution is 5.78. The molecular weight excluding hydrogens is 262 g/mol. The Morgan fingerprint density at radius 2 is 1.70 bits per heavy atom. The third kappa shape index (κ3) is 3.40. The minimum Gasteiger partial charge on any atom is -0.497 e. The van der Waals surface area contributed by atoms with Crippen molar-refractivity contribution < 1.29 is 24.2 Å². The number of carboxylic acid groups (broad SMARTS) is 1. The lowest BCUT2D eigenvalue weighted by molar-refractivity contribution is -0.148. The first kappa shape index (κ1) is 15.8. The first-order chi connectivity index (χ1) is 9.44. The molecule has 0 saturated carbocycles. The predicted molar refractivity (Wildman–Crippen MR) is 73.0 cm³/mol. The second-order valence-electron chi connectivity index (χ2n) is 4.53. The van der Waals surface area contributed by atoms with Crippen molar-refractivity contribution in [2.45, 2.75) is 25.9 Å². The molecule has 1 unspecified atom stereocenters. The summed E-state index contributed by atoms with van der Waals surface area (Å²) in [7, 11) is 2.96. The maximum atomic E-state index is 11.5. The lowest BCUT2D eigenvalue weighted by Gasteiger charge is -2.29. The van der Waals surface area contributed by atoms with Crippen LogP contribution in [0, 0.1) is 0 Å². The average Bonchev–Trinajstić information content (AvgIpc) is 2.42. The number of hydrogen-bond acceptors (Lipinski definition) is 4. The molecule has 0 fully saturated rings. The van der Waals surface area contributed by atoms with E-state index in [1.165, 1.54) is 19.1 Å². The molecule has 0 saturated heterocycles. The van der Waals surface area contributed by atoms with Gasteiger partial charge in [0, 0.05) is 12.1 Å². The molecule has 0 aliphatic heterocycles. The Labute approximate surface area is 117 Å². The second-order valence-corrected chi connectivity index (χ2v) is 4.53. The Balaban J connectivity index is 3.34. The Bertz CT molecular complexity index is 464. The van der Waals surface area contributed by atoms with Crippen molar-refractivity contribution >= 4 is 12.4 Å². The van der Waals surface area contributed by atoms with Gasteiger partial charge in [0.15, 0.2) is 6.04 Å². The number of nitrogens with zero attached hydrogens (tertiary/aromatic N) is 1. The molecule has 0 radical (unpaired) electrons. The Hall–Kier alpha value is -2.24.